The number of hydrogen-bond donors (Lipinski definition) is 2. The van der Waals surface area contributed by atoms with E-state index in [-0.39, 0.29) is 5.75 Å². The number of benzene rings is 2. The number of carbonyl (C=O) groups excluding carboxylic acids is 1. The maximum Gasteiger partial charge on any atom is 0.150 e. The van der Waals surface area contributed by atoms with Gasteiger partial charge in [0.2, 0.25) is 0 Å². The maximum absolute atomic E-state index is 11.2. The molecule has 0 amide bonds. The monoisotopic (exact) mass is 362 g/mol. The van der Waals surface area contributed by atoms with Crippen LogP contribution in [0.4, 0.5) is 5.69 Å². The zero-order chi connectivity index (χ0) is 18.2. The van der Waals surface area contributed by atoms with Gasteiger partial charge in [0.25, 0.3) is 0 Å². The van der Waals surface area contributed by atoms with Gasteiger partial charge in [-0.15, -0.1) is 0 Å². The Balaban J connectivity index is 1.96. The summed E-state index contributed by atoms with van der Waals surface area (Å²) in [6.07, 6.45) is 1.52. The third-order valence-electron chi connectivity index (χ3n) is 3.72. The average molecular weight is 363 g/mol. The molecule has 0 saturated carbocycles. The van der Waals surface area contributed by atoms with E-state index in [0.717, 1.165) is 29.8 Å². The Kier molecular flexibility index (Phi) is 7.10. The molecule has 134 valence electrons. The summed E-state index contributed by atoms with van der Waals surface area (Å²) in [6, 6.07) is 10.5. The van der Waals surface area contributed by atoms with Gasteiger partial charge in [-0.1, -0.05) is 11.6 Å². The molecule has 0 aliphatic rings. The highest BCUT2D eigenvalue weighted by Crippen LogP contribution is 2.26. The van der Waals surface area contributed by atoms with Gasteiger partial charge in [-0.25, -0.2) is 0 Å². The van der Waals surface area contributed by atoms with Crippen molar-refractivity contribution in [3.63, 3.8) is 0 Å². The molecule has 5 nitrogen and oxygen atoms in total. The summed E-state index contributed by atoms with van der Waals surface area (Å²) in [7, 11) is 3.98. The molecule has 0 unspecified atom stereocenters. The summed E-state index contributed by atoms with van der Waals surface area (Å²) >= 11 is 5.89. The maximum atomic E-state index is 11.2. The van der Waals surface area contributed by atoms with E-state index in [1.807, 2.05) is 31.1 Å². The second kappa shape index (κ2) is 9.30. The lowest BCUT2D eigenvalue weighted by Gasteiger charge is -2.13. The largest absolute Gasteiger partial charge is 0.506 e. The van der Waals surface area contributed by atoms with Crippen LogP contribution in [0.2, 0.25) is 5.02 Å². The van der Waals surface area contributed by atoms with E-state index in [1.54, 1.807) is 24.3 Å². The minimum atomic E-state index is 0.0537. The van der Waals surface area contributed by atoms with Gasteiger partial charge in [0.15, 0.2) is 0 Å². The predicted octanol–water partition coefficient (Wildman–Crippen LogP) is 3.45. The highest BCUT2D eigenvalue weighted by atomic mass is 35.5. The third-order valence-corrected chi connectivity index (χ3v) is 4.02. The molecule has 0 heterocycles. The van der Waals surface area contributed by atoms with E-state index < -0.39 is 0 Å². The Hall–Kier alpha value is -2.24. The van der Waals surface area contributed by atoms with Crippen LogP contribution in [0.3, 0.4) is 0 Å². The number of phenolic OH excluding ortho intramolecular Hbond substituents is 1. The summed E-state index contributed by atoms with van der Waals surface area (Å²) in [5.41, 5.74) is 2.40. The Morgan fingerprint density at radius 3 is 2.72 bits per heavy atom. The van der Waals surface area contributed by atoms with Gasteiger partial charge in [0.05, 0.1) is 5.02 Å². The number of halogens is 1. The Morgan fingerprint density at radius 2 is 2.04 bits per heavy atom. The van der Waals surface area contributed by atoms with Crippen LogP contribution in [-0.2, 0) is 6.42 Å². The fourth-order valence-corrected chi connectivity index (χ4v) is 2.49. The highest BCUT2D eigenvalue weighted by Gasteiger charge is 2.06. The zero-order valence-corrected chi connectivity index (χ0v) is 15.2. The molecule has 25 heavy (non-hydrogen) atoms. The van der Waals surface area contributed by atoms with Gasteiger partial charge in [-0.2, -0.15) is 0 Å². The number of aromatic hydroxyl groups is 1. The number of phenols is 1. The number of ether oxygens (including phenoxy) is 1. The Morgan fingerprint density at radius 1 is 1.24 bits per heavy atom. The number of hydrogen-bond acceptors (Lipinski definition) is 5. The van der Waals surface area contributed by atoms with Crippen molar-refractivity contribution < 1.29 is 14.6 Å². The van der Waals surface area contributed by atoms with E-state index in [0.29, 0.717) is 30.2 Å². The smallest absolute Gasteiger partial charge is 0.150 e. The SMILES string of the molecule is CN(C)CCOc1ccc(C=O)c(CCNc2ccc(O)c(Cl)c2)c1. The fourth-order valence-electron chi connectivity index (χ4n) is 2.31. The molecular weight excluding hydrogens is 340 g/mol. The standard InChI is InChI=1S/C19H23ClN2O3/c1-22(2)9-10-25-17-5-3-15(13-23)14(11-17)7-8-21-16-4-6-19(24)18(20)12-16/h3-6,11-13,21,24H,7-10H2,1-2H3. The minimum absolute atomic E-state index is 0.0537. The van der Waals surface area contributed by atoms with Gasteiger partial charge in [-0.3, -0.25) is 4.79 Å². The number of carbonyl (C=O) groups is 1. The van der Waals surface area contributed by atoms with Gasteiger partial charge >= 0.3 is 0 Å². The van der Waals surface area contributed by atoms with Crippen molar-refractivity contribution in [1.29, 1.82) is 0 Å². The molecule has 0 bridgehead atoms. The van der Waals surface area contributed by atoms with Gasteiger partial charge in [0, 0.05) is 24.3 Å². The summed E-state index contributed by atoms with van der Waals surface area (Å²) < 4.78 is 5.73. The average Bonchev–Trinajstić information content (AvgIpc) is 2.58. The van der Waals surface area contributed by atoms with E-state index in [2.05, 4.69) is 5.32 Å². The molecular formula is C19H23ClN2O3. The summed E-state index contributed by atoms with van der Waals surface area (Å²) in [5.74, 6) is 0.813. The molecule has 2 N–H and O–H groups in total. The second-order valence-corrected chi connectivity index (χ2v) is 6.38. The van der Waals surface area contributed by atoms with E-state index in [9.17, 15) is 9.90 Å². The molecule has 0 fully saturated rings. The number of nitrogens with zero attached hydrogens (tertiary/aromatic N) is 1. The number of nitrogens with one attached hydrogen (secondary N) is 1. The number of aldehydes is 1. The van der Waals surface area contributed by atoms with Crippen LogP contribution in [0.5, 0.6) is 11.5 Å². The third kappa shape index (κ3) is 5.96. The van der Waals surface area contributed by atoms with Crippen molar-refractivity contribution in [2.75, 3.05) is 39.1 Å². The molecule has 0 spiro atoms. The molecule has 2 rings (SSSR count). The van der Waals surface area contributed by atoms with Crippen LogP contribution in [0.25, 0.3) is 0 Å². The van der Waals surface area contributed by atoms with E-state index >= 15 is 0 Å². The Bertz CT molecular complexity index is 720. The molecule has 2 aromatic rings. The number of likely N-dealkylation sites (N-methyl/N-ethyl adjacent to an activating group) is 1. The van der Waals surface area contributed by atoms with Crippen molar-refractivity contribution >= 4 is 23.6 Å². The van der Waals surface area contributed by atoms with Crippen LogP contribution in [0.15, 0.2) is 36.4 Å². The molecule has 6 heteroatoms. The lowest BCUT2D eigenvalue weighted by Crippen LogP contribution is -2.19. The van der Waals surface area contributed by atoms with Crippen LogP contribution >= 0.6 is 11.6 Å². The van der Waals surface area contributed by atoms with Crippen LogP contribution in [0.1, 0.15) is 15.9 Å². The van der Waals surface area contributed by atoms with Crippen LogP contribution in [0, 0.1) is 0 Å². The van der Waals surface area contributed by atoms with E-state index in [1.165, 1.54) is 0 Å². The minimum Gasteiger partial charge on any atom is -0.506 e. The first-order valence-corrected chi connectivity index (χ1v) is 8.45. The molecule has 0 aromatic heterocycles. The first-order chi connectivity index (χ1) is 12.0. The predicted molar refractivity (Wildman–Crippen MR) is 101 cm³/mol. The van der Waals surface area contributed by atoms with E-state index in [4.69, 9.17) is 16.3 Å². The van der Waals surface area contributed by atoms with Crippen LogP contribution in [-0.4, -0.2) is 50.1 Å². The van der Waals surface area contributed by atoms with Crippen molar-refractivity contribution in [2.45, 2.75) is 6.42 Å². The molecule has 0 radical (unpaired) electrons. The zero-order valence-electron chi connectivity index (χ0n) is 14.5. The highest BCUT2D eigenvalue weighted by molar-refractivity contribution is 6.32. The Labute approximate surface area is 153 Å². The quantitative estimate of drug-likeness (QED) is 0.528. The second-order valence-electron chi connectivity index (χ2n) is 5.97. The lowest BCUT2D eigenvalue weighted by molar-refractivity contribution is 0.112. The number of anilines is 1. The van der Waals surface area contributed by atoms with Crippen LogP contribution < -0.4 is 10.1 Å². The van der Waals surface area contributed by atoms with Crippen molar-refractivity contribution in [1.82, 2.24) is 4.90 Å². The number of rotatable bonds is 9. The van der Waals surface area contributed by atoms with Gasteiger partial charge in [0.1, 0.15) is 24.4 Å². The summed E-state index contributed by atoms with van der Waals surface area (Å²) in [5, 5.41) is 13.0. The van der Waals surface area contributed by atoms with Crippen molar-refractivity contribution in [3.8, 4) is 11.5 Å². The first-order valence-electron chi connectivity index (χ1n) is 8.07. The molecule has 0 aliphatic heterocycles. The molecule has 2 aromatic carbocycles. The first kappa shape index (κ1) is 19.1. The normalized spacial score (nSPS) is 10.7. The molecule has 0 saturated heterocycles. The van der Waals surface area contributed by atoms with Crippen molar-refractivity contribution in [3.05, 3.63) is 52.5 Å². The topological polar surface area (TPSA) is 61.8 Å². The molecule has 0 aliphatic carbocycles. The molecule has 0 atom stereocenters. The van der Waals surface area contributed by atoms with Gasteiger partial charge in [-0.05, 0) is 62.5 Å². The lowest BCUT2D eigenvalue weighted by atomic mass is 10.0. The summed E-state index contributed by atoms with van der Waals surface area (Å²) in [4.78, 5) is 13.3. The summed E-state index contributed by atoms with van der Waals surface area (Å²) in [6.45, 7) is 2.05. The fraction of sp³-hybridized carbons (Fsp3) is 0.316. The van der Waals surface area contributed by atoms with Crippen molar-refractivity contribution in [2.24, 2.45) is 0 Å². The van der Waals surface area contributed by atoms with Gasteiger partial charge < -0.3 is 20.1 Å².